The first-order valence-electron chi connectivity index (χ1n) is 5.80. The lowest BCUT2D eigenvalue weighted by molar-refractivity contribution is 0.0182. The molecule has 0 atom stereocenters. The predicted molar refractivity (Wildman–Crippen MR) is 64.6 cm³/mol. The number of nitrogen functional groups attached to an aromatic ring is 1. The van der Waals surface area contributed by atoms with Gasteiger partial charge in [-0.2, -0.15) is 4.98 Å². The Morgan fingerprint density at radius 3 is 2.85 bits per heavy atom. The van der Waals surface area contributed by atoms with Crippen molar-refractivity contribution in [2.24, 2.45) is 0 Å². The minimum atomic E-state index is -2.51. The van der Waals surface area contributed by atoms with Crippen molar-refractivity contribution in [3.63, 3.8) is 0 Å². The van der Waals surface area contributed by atoms with Crippen LogP contribution in [-0.2, 0) is 11.2 Å². The zero-order chi connectivity index (χ0) is 14.5. The summed E-state index contributed by atoms with van der Waals surface area (Å²) < 4.78 is 46.9. The van der Waals surface area contributed by atoms with E-state index in [0.717, 1.165) is 6.07 Å². The highest BCUT2D eigenvalue weighted by Gasteiger charge is 2.13. The molecule has 0 amide bonds. The lowest BCUT2D eigenvalue weighted by Gasteiger charge is -2.00. The number of hydrogen-bond acceptors (Lipinski definition) is 5. The summed E-state index contributed by atoms with van der Waals surface area (Å²) in [5.41, 5.74) is 5.85. The van der Waals surface area contributed by atoms with Crippen LogP contribution in [0.2, 0.25) is 0 Å². The molecule has 2 N–H and O–H groups in total. The number of hydrogen-bond donors (Lipinski definition) is 1. The Labute approximate surface area is 112 Å². The van der Waals surface area contributed by atoms with Gasteiger partial charge in [-0.3, -0.25) is 0 Å². The van der Waals surface area contributed by atoms with Gasteiger partial charge in [0.25, 0.3) is 12.3 Å². The average Bonchev–Trinajstić information content (AvgIpc) is 2.83. The smallest absolute Gasteiger partial charge is 0.261 e. The average molecular weight is 287 g/mol. The molecule has 0 saturated carbocycles. The Morgan fingerprint density at radius 2 is 2.15 bits per heavy atom. The molecule has 5 nitrogen and oxygen atoms in total. The minimum absolute atomic E-state index is 0.00589. The predicted octanol–water partition coefficient (Wildman–Crippen LogP) is 2.28. The van der Waals surface area contributed by atoms with E-state index in [-0.39, 0.29) is 36.0 Å². The summed E-state index contributed by atoms with van der Waals surface area (Å²) >= 11 is 0. The Hall–Kier alpha value is -2.09. The third-order valence-electron chi connectivity index (χ3n) is 2.41. The molecule has 20 heavy (non-hydrogen) atoms. The third kappa shape index (κ3) is 3.70. The van der Waals surface area contributed by atoms with Crippen LogP contribution in [0.1, 0.15) is 5.82 Å². The van der Waals surface area contributed by atoms with Gasteiger partial charge < -0.3 is 15.0 Å². The van der Waals surface area contributed by atoms with E-state index in [9.17, 15) is 13.2 Å². The molecule has 0 saturated heterocycles. The maximum Gasteiger partial charge on any atom is 0.261 e. The molecule has 2 rings (SSSR count). The number of halogens is 3. The zero-order valence-corrected chi connectivity index (χ0v) is 10.4. The molecular formula is C12H12F3N3O2. The molecule has 1 aromatic heterocycles. The summed E-state index contributed by atoms with van der Waals surface area (Å²) in [5, 5.41) is 3.62. The second-order valence-electron chi connectivity index (χ2n) is 3.97. The van der Waals surface area contributed by atoms with Gasteiger partial charge in [0.05, 0.1) is 12.2 Å². The lowest BCUT2D eigenvalue weighted by Crippen LogP contribution is -2.07. The molecule has 0 spiro atoms. The fourth-order valence-corrected chi connectivity index (χ4v) is 1.51. The highest BCUT2D eigenvalue weighted by molar-refractivity contribution is 5.58. The van der Waals surface area contributed by atoms with E-state index >= 15 is 0 Å². The van der Waals surface area contributed by atoms with Gasteiger partial charge in [0, 0.05) is 12.1 Å². The van der Waals surface area contributed by atoms with E-state index in [1.165, 1.54) is 12.1 Å². The van der Waals surface area contributed by atoms with Crippen LogP contribution in [0.25, 0.3) is 11.5 Å². The monoisotopic (exact) mass is 287 g/mol. The molecule has 0 aliphatic rings. The third-order valence-corrected chi connectivity index (χ3v) is 2.41. The molecule has 1 heterocycles. The van der Waals surface area contributed by atoms with Crippen LogP contribution >= 0.6 is 0 Å². The highest BCUT2D eigenvalue weighted by Crippen LogP contribution is 2.22. The second kappa shape index (κ2) is 6.38. The fraction of sp³-hybridized carbons (Fsp3) is 0.333. The summed E-state index contributed by atoms with van der Waals surface area (Å²) in [4.78, 5) is 3.96. The van der Waals surface area contributed by atoms with E-state index in [1.807, 2.05) is 0 Å². The Bertz CT molecular complexity index is 575. The van der Waals surface area contributed by atoms with Gasteiger partial charge in [-0.05, 0) is 18.2 Å². The molecule has 8 heteroatoms. The van der Waals surface area contributed by atoms with Crippen LogP contribution in [0, 0.1) is 5.82 Å². The summed E-state index contributed by atoms with van der Waals surface area (Å²) in [5.74, 6) is -0.314. The van der Waals surface area contributed by atoms with Crippen molar-refractivity contribution in [2.45, 2.75) is 12.8 Å². The molecule has 2 aromatic rings. The standard InChI is InChI=1S/C12H12F3N3O2/c13-9-5-7(16)1-2-8(9)12-17-11(18-20-12)3-4-19-6-10(14)15/h1-2,5,10H,3-4,6,16H2. The van der Waals surface area contributed by atoms with Gasteiger partial charge in [-0.25, -0.2) is 13.2 Å². The molecule has 0 bridgehead atoms. The van der Waals surface area contributed by atoms with Crippen LogP contribution in [-0.4, -0.2) is 29.8 Å². The second-order valence-corrected chi connectivity index (χ2v) is 3.97. The summed E-state index contributed by atoms with van der Waals surface area (Å²) in [6.07, 6.45) is -2.31. The number of anilines is 1. The van der Waals surface area contributed by atoms with Gasteiger partial charge in [0.2, 0.25) is 0 Å². The van der Waals surface area contributed by atoms with Gasteiger partial charge >= 0.3 is 0 Å². The van der Waals surface area contributed by atoms with Crippen molar-refractivity contribution >= 4 is 5.69 Å². The lowest BCUT2D eigenvalue weighted by atomic mass is 10.2. The van der Waals surface area contributed by atoms with Crippen LogP contribution in [0.5, 0.6) is 0 Å². The van der Waals surface area contributed by atoms with Gasteiger partial charge in [0.1, 0.15) is 12.4 Å². The molecule has 0 fully saturated rings. The highest BCUT2D eigenvalue weighted by atomic mass is 19.3. The number of rotatable bonds is 6. The minimum Gasteiger partial charge on any atom is -0.399 e. The first-order valence-corrected chi connectivity index (χ1v) is 5.80. The molecule has 108 valence electrons. The van der Waals surface area contributed by atoms with Crippen molar-refractivity contribution in [2.75, 3.05) is 18.9 Å². The zero-order valence-electron chi connectivity index (χ0n) is 10.4. The fourth-order valence-electron chi connectivity index (χ4n) is 1.51. The summed E-state index contributed by atoms with van der Waals surface area (Å²) in [6.45, 7) is -0.606. The van der Waals surface area contributed by atoms with E-state index in [4.69, 9.17) is 15.0 Å². The van der Waals surface area contributed by atoms with Crippen LogP contribution in [0.3, 0.4) is 0 Å². The molecule has 1 aromatic carbocycles. The quantitative estimate of drug-likeness (QED) is 0.651. The van der Waals surface area contributed by atoms with Crippen molar-refractivity contribution in [3.8, 4) is 11.5 Å². The number of benzene rings is 1. The number of nitrogens with zero attached hydrogens (tertiary/aromatic N) is 2. The van der Waals surface area contributed by atoms with Crippen LogP contribution < -0.4 is 5.73 Å². The summed E-state index contributed by atoms with van der Waals surface area (Å²) in [6, 6.07) is 4.08. The molecular weight excluding hydrogens is 275 g/mol. The van der Waals surface area contributed by atoms with Gasteiger partial charge in [0.15, 0.2) is 5.82 Å². The first-order chi connectivity index (χ1) is 9.56. The van der Waals surface area contributed by atoms with Crippen molar-refractivity contribution < 1.29 is 22.4 Å². The van der Waals surface area contributed by atoms with Gasteiger partial charge in [-0.15, -0.1) is 0 Å². The van der Waals surface area contributed by atoms with E-state index in [0.29, 0.717) is 0 Å². The van der Waals surface area contributed by atoms with Crippen molar-refractivity contribution in [1.29, 1.82) is 0 Å². The van der Waals surface area contributed by atoms with E-state index in [1.54, 1.807) is 0 Å². The van der Waals surface area contributed by atoms with Crippen LogP contribution in [0.15, 0.2) is 22.7 Å². The van der Waals surface area contributed by atoms with Crippen LogP contribution in [0.4, 0.5) is 18.9 Å². The van der Waals surface area contributed by atoms with E-state index < -0.39 is 18.8 Å². The van der Waals surface area contributed by atoms with Crippen molar-refractivity contribution in [3.05, 3.63) is 29.8 Å². The number of aromatic nitrogens is 2. The summed E-state index contributed by atoms with van der Waals surface area (Å²) in [7, 11) is 0. The number of nitrogens with two attached hydrogens (primary N) is 1. The Kier molecular flexibility index (Phi) is 4.57. The maximum atomic E-state index is 13.6. The first kappa shape index (κ1) is 14.3. The number of alkyl halides is 2. The van der Waals surface area contributed by atoms with Crippen molar-refractivity contribution in [1.82, 2.24) is 10.1 Å². The molecule has 0 radical (unpaired) electrons. The van der Waals surface area contributed by atoms with Gasteiger partial charge in [-0.1, -0.05) is 5.16 Å². The topological polar surface area (TPSA) is 74.2 Å². The molecule has 0 aliphatic carbocycles. The molecule has 0 aliphatic heterocycles. The maximum absolute atomic E-state index is 13.6. The SMILES string of the molecule is Nc1ccc(-c2nc(CCOCC(F)F)no2)c(F)c1. The largest absolute Gasteiger partial charge is 0.399 e. The number of ether oxygens (including phenoxy) is 1. The normalized spacial score (nSPS) is 11.2. The van der Waals surface area contributed by atoms with E-state index in [2.05, 4.69) is 10.1 Å². The Morgan fingerprint density at radius 1 is 1.35 bits per heavy atom. The molecule has 0 unspecified atom stereocenters. The Balaban J connectivity index is 1.98.